The van der Waals surface area contributed by atoms with Gasteiger partial charge in [0.05, 0.1) is 26.4 Å². The van der Waals surface area contributed by atoms with Gasteiger partial charge in [-0.1, -0.05) is 265 Å². The van der Waals surface area contributed by atoms with Crippen LogP contribution in [-0.4, -0.2) is 96.7 Å². The van der Waals surface area contributed by atoms with Crippen LogP contribution in [0.2, 0.25) is 0 Å². The second-order valence-electron chi connectivity index (χ2n) is 26.3. The zero-order valence-corrected chi connectivity index (χ0v) is 65.8. The molecule has 17 nitrogen and oxygen atoms in total. The van der Waals surface area contributed by atoms with E-state index in [0.717, 1.165) is 128 Å². The molecule has 0 aromatic heterocycles. The maximum atomic E-state index is 13.1. The van der Waals surface area contributed by atoms with E-state index in [4.69, 9.17) is 37.0 Å². The average Bonchev–Trinajstić information content (AvgIpc) is 0.943. The minimum atomic E-state index is -5.01. The van der Waals surface area contributed by atoms with Crippen molar-refractivity contribution in [2.75, 3.05) is 39.6 Å². The Morgan fingerprint density at radius 1 is 0.275 bits per heavy atom. The first-order chi connectivity index (χ1) is 49.7. The molecular formula is C83H142O17P2. The Bertz CT molecular complexity index is 2410. The van der Waals surface area contributed by atoms with Crippen LogP contribution >= 0.6 is 15.6 Å². The van der Waals surface area contributed by atoms with Crippen LogP contribution in [0.5, 0.6) is 0 Å². The van der Waals surface area contributed by atoms with E-state index in [2.05, 4.69) is 125 Å². The van der Waals surface area contributed by atoms with Gasteiger partial charge in [0.15, 0.2) is 12.2 Å². The number of ether oxygens (including phenoxy) is 4. The molecular weight excluding hydrogens is 1330 g/mol. The van der Waals surface area contributed by atoms with Crippen LogP contribution in [0.3, 0.4) is 0 Å². The summed E-state index contributed by atoms with van der Waals surface area (Å²) in [5, 5.41) is 10.6. The third kappa shape index (κ3) is 73.8. The van der Waals surface area contributed by atoms with E-state index in [-0.39, 0.29) is 25.7 Å². The van der Waals surface area contributed by atoms with Gasteiger partial charge in [-0.2, -0.15) is 0 Å². The molecule has 0 aliphatic rings. The van der Waals surface area contributed by atoms with Crippen molar-refractivity contribution in [3.63, 3.8) is 0 Å². The molecule has 0 aromatic carbocycles. The van der Waals surface area contributed by atoms with E-state index in [1.807, 2.05) is 24.3 Å². The van der Waals surface area contributed by atoms with Gasteiger partial charge in [0.2, 0.25) is 0 Å². The lowest BCUT2D eigenvalue weighted by Crippen LogP contribution is -2.30. The number of hydrogen-bond acceptors (Lipinski definition) is 15. The highest BCUT2D eigenvalue weighted by atomic mass is 31.2. The zero-order chi connectivity index (χ0) is 74.6. The summed E-state index contributed by atoms with van der Waals surface area (Å²) in [5.74, 6) is -2.32. The van der Waals surface area contributed by atoms with Crippen molar-refractivity contribution in [1.29, 1.82) is 0 Å². The SMILES string of the molecule is CCCCC/C=C\C/C=C\C/C=C\C/C=C\CCCC(=O)OC[C@H](COP(=O)(O)OC[C@H](O)COP(=O)(O)OC[C@@H](COC(=O)CCCCCCC/C=C\CCCCCC)OC(=O)CCCCCCC/C=C\CCCCCCCC)OC(=O)CCC/C=C\C/C=C\C/C=C\C/C=C\CCCCC. The molecule has 0 spiro atoms. The Morgan fingerprint density at radius 2 is 0.490 bits per heavy atom. The predicted molar refractivity (Wildman–Crippen MR) is 418 cm³/mol. The van der Waals surface area contributed by atoms with E-state index in [0.29, 0.717) is 38.5 Å². The van der Waals surface area contributed by atoms with E-state index in [1.54, 1.807) is 0 Å². The summed E-state index contributed by atoms with van der Waals surface area (Å²) in [4.78, 5) is 72.9. The smallest absolute Gasteiger partial charge is 0.462 e. The summed E-state index contributed by atoms with van der Waals surface area (Å²) in [6.07, 6.45) is 81.9. The molecule has 0 aromatic rings. The normalized spacial score (nSPS) is 14.5. The van der Waals surface area contributed by atoms with Gasteiger partial charge in [-0.15, -0.1) is 0 Å². The number of phosphoric ester groups is 2. The third-order valence-electron chi connectivity index (χ3n) is 16.4. The van der Waals surface area contributed by atoms with Gasteiger partial charge in [-0.25, -0.2) is 9.13 Å². The Kier molecular flexibility index (Phi) is 71.4. The number of carbonyl (C=O) groups excluding carboxylic acids is 4. The van der Waals surface area contributed by atoms with Gasteiger partial charge in [0, 0.05) is 25.7 Å². The third-order valence-corrected chi connectivity index (χ3v) is 18.3. The average molecular weight is 1470 g/mol. The summed E-state index contributed by atoms with van der Waals surface area (Å²) >= 11 is 0. The summed E-state index contributed by atoms with van der Waals surface area (Å²) in [5.41, 5.74) is 0. The van der Waals surface area contributed by atoms with Crippen LogP contribution in [0.4, 0.5) is 0 Å². The van der Waals surface area contributed by atoms with Crippen molar-refractivity contribution in [2.45, 2.75) is 341 Å². The van der Waals surface area contributed by atoms with Crippen LogP contribution in [0, 0.1) is 0 Å². The van der Waals surface area contributed by atoms with Gasteiger partial charge < -0.3 is 33.8 Å². The lowest BCUT2D eigenvalue weighted by atomic mass is 10.1. The molecule has 0 aliphatic heterocycles. The highest BCUT2D eigenvalue weighted by molar-refractivity contribution is 7.47. The van der Waals surface area contributed by atoms with Crippen molar-refractivity contribution in [1.82, 2.24) is 0 Å². The maximum absolute atomic E-state index is 13.1. The molecule has 0 radical (unpaired) electrons. The number of esters is 4. The van der Waals surface area contributed by atoms with Crippen molar-refractivity contribution < 1.29 is 80.2 Å². The fourth-order valence-electron chi connectivity index (χ4n) is 10.3. The maximum Gasteiger partial charge on any atom is 0.472 e. The van der Waals surface area contributed by atoms with Gasteiger partial charge in [0.1, 0.15) is 19.3 Å². The highest BCUT2D eigenvalue weighted by Crippen LogP contribution is 2.45. The fourth-order valence-corrected chi connectivity index (χ4v) is 11.8. The molecule has 0 aliphatic carbocycles. The number of carbonyl (C=O) groups is 4. The Balaban J connectivity index is 5.47. The zero-order valence-electron chi connectivity index (χ0n) is 64.0. The molecule has 0 fully saturated rings. The minimum Gasteiger partial charge on any atom is -0.462 e. The molecule has 586 valence electrons. The number of aliphatic hydroxyl groups excluding tert-OH is 1. The van der Waals surface area contributed by atoms with Gasteiger partial charge in [-0.05, 0) is 154 Å². The van der Waals surface area contributed by atoms with Gasteiger partial charge >= 0.3 is 39.5 Å². The predicted octanol–water partition coefficient (Wildman–Crippen LogP) is 23.1. The summed E-state index contributed by atoms with van der Waals surface area (Å²) in [6, 6.07) is 0. The van der Waals surface area contributed by atoms with E-state index in [9.17, 15) is 43.2 Å². The molecule has 0 rings (SSSR count). The van der Waals surface area contributed by atoms with E-state index in [1.165, 1.54) is 103 Å². The van der Waals surface area contributed by atoms with Crippen molar-refractivity contribution in [2.24, 2.45) is 0 Å². The van der Waals surface area contributed by atoms with Crippen LogP contribution in [-0.2, 0) is 65.4 Å². The second-order valence-corrected chi connectivity index (χ2v) is 29.2. The number of hydrogen-bond donors (Lipinski definition) is 3. The summed E-state index contributed by atoms with van der Waals surface area (Å²) in [6.45, 7) is 4.67. The molecule has 0 heterocycles. The first-order valence-corrected chi connectivity index (χ1v) is 42.8. The molecule has 5 atom stereocenters. The number of rotatable bonds is 74. The van der Waals surface area contributed by atoms with Crippen LogP contribution in [0.15, 0.2) is 122 Å². The van der Waals surface area contributed by atoms with Crippen LogP contribution < -0.4 is 0 Å². The minimum absolute atomic E-state index is 0.00505. The molecule has 102 heavy (non-hydrogen) atoms. The molecule has 0 saturated heterocycles. The summed E-state index contributed by atoms with van der Waals surface area (Å²) in [7, 11) is -9.99. The number of phosphoric acid groups is 2. The Labute approximate surface area is 619 Å². The summed E-state index contributed by atoms with van der Waals surface area (Å²) < 4.78 is 68.4. The Morgan fingerprint density at radius 3 is 0.824 bits per heavy atom. The lowest BCUT2D eigenvalue weighted by molar-refractivity contribution is -0.161. The van der Waals surface area contributed by atoms with Crippen molar-refractivity contribution in [3.05, 3.63) is 122 Å². The van der Waals surface area contributed by atoms with Crippen molar-refractivity contribution >= 4 is 39.5 Å². The first-order valence-electron chi connectivity index (χ1n) is 39.8. The molecule has 19 heteroatoms. The van der Waals surface area contributed by atoms with Gasteiger partial charge in [0.25, 0.3) is 0 Å². The largest absolute Gasteiger partial charge is 0.472 e. The fraction of sp³-hybridized carbons (Fsp3) is 0.711. The van der Waals surface area contributed by atoms with E-state index >= 15 is 0 Å². The molecule has 0 amide bonds. The van der Waals surface area contributed by atoms with Crippen molar-refractivity contribution in [3.8, 4) is 0 Å². The Hall–Kier alpha value is -4.54. The van der Waals surface area contributed by atoms with Gasteiger partial charge in [-0.3, -0.25) is 37.3 Å². The standard InChI is InChI=1S/C83H142O17P2/c1-5-9-13-17-21-25-29-33-36-38-41-44-48-52-56-60-64-68-81(86)94-74-79(100-83(88)70-66-62-58-54-50-46-42-39-37-34-30-26-22-18-14-10-6-2)76-98-102(91,92)96-72-77(84)71-95-101(89,90)97-75-78(73-93-80(85)67-63-59-55-51-47-43-32-28-24-20-16-12-8-4)99-82(87)69-65-61-57-53-49-45-40-35-31-27-23-19-15-11-7-3/h21-22,25-26,28,32-37,40-42,44,46,52,54,56,58,77-79,84H,5-20,23-24,27,29-31,38-39,43,45,47-51,53,55,57,59-76H2,1-4H3,(H,89,90)(H,91,92)/b25-21-,26-22-,32-28-,36-33-,37-34-,40-35-,44-41-,46-42-,56-52-,58-54-/t77-,78-,79-/m1/s1. The molecule has 0 bridgehead atoms. The topological polar surface area (TPSA) is 237 Å². The highest BCUT2D eigenvalue weighted by Gasteiger charge is 2.30. The number of allylic oxidation sites excluding steroid dienone is 20. The number of aliphatic hydroxyl groups is 1. The first kappa shape index (κ1) is 97.5. The molecule has 2 unspecified atom stereocenters. The number of unbranched alkanes of at least 4 members (excludes halogenated alkanes) is 28. The second kappa shape index (κ2) is 74.7. The van der Waals surface area contributed by atoms with E-state index < -0.39 is 97.5 Å². The van der Waals surface area contributed by atoms with Crippen LogP contribution in [0.25, 0.3) is 0 Å². The quantitative estimate of drug-likeness (QED) is 0.0169. The lowest BCUT2D eigenvalue weighted by Gasteiger charge is -2.21. The molecule has 3 N–H and O–H groups in total. The van der Waals surface area contributed by atoms with Crippen LogP contribution in [0.1, 0.15) is 323 Å². The molecule has 0 saturated carbocycles. The monoisotopic (exact) mass is 1470 g/mol.